The van der Waals surface area contributed by atoms with E-state index in [2.05, 4.69) is 6.58 Å². The Bertz CT molecular complexity index is 517. The molecule has 0 spiro atoms. The van der Waals surface area contributed by atoms with Gasteiger partial charge in [-0.15, -0.1) is 0 Å². The van der Waals surface area contributed by atoms with Crippen LogP contribution in [0.25, 0.3) is 6.08 Å². The van der Waals surface area contributed by atoms with E-state index in [1.807, 2.05) is 31.1 Å². The number of aliphatic hydroxyl groups is 3. The predicted molar refractivity (Wildman–Crippen MR) is 82.2 cm³/mol. The van der Waals surface area contributed by atoms with E-state index in [0.29, 0.717) is 5.56 Å². The molecule has 0 aliphatic carbocycles. The lowest BCUT2D eigenvalue weighted by Gasteiger charge is -2.24. The summed E-state index contributed by atoms with van der Waals surface area (Å²) in [6.07, 6.45) is -2.67. The van der Waals surface area contributed by atoms with E-state index >= 15 is 0 Å². The molecule has 116 valence electrons. The zero-order valence-corrected chi connectivity index (χ0v) is 12.6. The fraction of sp³-hybridized carbons (Fsp3) is 0.500. The number of rotatable bonds is 4. The second kappa shape index (κ2) is 6.15. The van der Waals surface area contributed by atoms with Crippen LogP contribution in [-0.2, 0) is 4.74 Å². The molecular formula is C16H23NO4. The zero-order valence-electron chi connectivity index (χ0n) is 12.6. The summed E-state index contributed by atoms with van der Waals surface area (Å²) in [5, 5.41) is 30.2. The molecule has 0 radical (unpaired) electrons. The largest absolute Gasteiger partial charge is 0.388 e. The van der Waals surface area contributed by atoms with Crippen molar-refractivity contribution in [1.82, 2.24) is 0 Å². The number of ether oxygens (including phenoxy) is 1. The van der Waals surface area contributed by atoms with Gasteiger partial charge in [-0.1, -0.05) is 24.8 Å². The van der Waals surface area contributed by atoms with Crippen LogP contribution in [0.15, 0.2) is 24.8 Å². The van der Waals surface area contributed by atoms with E-state index in [9.17, 15) is 15.3 Å². The van der Waals surface area contributed by atoms with Crippen LogP contribution in [0.5, 0.6) is 0 Å². The summed E-state index contributed by atoms with van der Waals surface area (Å²) in [4.78, 5) is 1.93. The Kier molecular flexibility index (Phi) is 4.68. The minimum atomic E-state index is -1.10. The molecule has 1 heterocycles. The lowest BCUT2D eigenvalue weighted by atomic mass is 9.97. The molecule has 1 aliphatic rings. The van der Waals surface area contributed by atoms with Crippen molar-refractivity contribution in [1.29, 1.82) is 0 Å². The smallest absolute Gasteiger partial charge is 0.116 e. The predicted octanol–water partition coefficient (Wildman–Crippen LogP) is 0.938. The van der Waals surface area contributed by atoms with E-state index in [0.717, 1.165) is 11.3 Å². The summed E-state index contributed by atoms with van der Waals surface area (Å²) in [7, 11) is 3.82. The maximum absolute atomic E-state index is 10.5. The first-order valence-electron chi connectivity index (χ1n) is 7.00. The summed E-state index contributed by atoms with van der Waals surface area (Å²) in [5.41, 5.74) is 2.51. The Hall–Kier alpha value is -1.40. The van der Waals surface area contributed by atoms with Crippen molar-refractivity contribution in [2.45, 2.75) is 37.4 Å². The van der Waals surface area contributed by atoms with Crippen molar-refractivity contribution in [2.24, 2.45) is 0 Å². The summed E-state index contributed by atoms with van der Waals surface area (Å²) >= 11 is 0. The summed E-state index contributed by atoms with van der Waals surface area (Å²) < 4.78 is 5.48. The molecule has 5 heteroatoms. The highest BCUT2D eigenvalue weighted by atomic mass is 16.6. The standard InChI is InChI=1S/C16H23NO4/c1-5-10-6-7-11(8-12(10)17(3)4)14(19)16-15(20)13(18)9(2)21-16/h5-9,13-16,18-20H,1H2,2-4H3. The molecular weight excluding hydrogens is 270 g/mol. The molecule has 2 rings (SSSR count). The van der Waals surface area contributed by atoms with Crippen molar-refractivity contribution in [3.8, 4) is 0 Å². The maximum Gasteiger partial charge on any atom is 0.116 e. The Morgan fingerprint density at radius 3 is 2.43 bits per heavy atom. The average Bonchev–Trinajstić information content (AvgIpc) is 2.73. The molecule has 0 amide bonds. The van der Waals surface area contributed by atoms with Gasteiger partial charge in [0.05, 0.1) is 6.10 Å². The van der Waals surface area contributed by atoms with Crippen LogP contribution in [0.1, 0.15) is 24.2 Å². The van der Waals surface area contributed by atoms with Crippen LogP contribution in [-0.4, -0.2) is 53.8 Å². The van der Waals surface area contributed by atoms with E-state index < -0.39 is 30.5 Å². The SMILES string of the molecule is C=Cc1ccc(C(O)C2OC(C)C(O)C2O)cc1N(C)C. The monoisotopic (exact) mass is 293 g/mol. The first kappa shape index (κ1) is 16.0. The van der Waals surface area contributed by atoms with Gasteiger partial charge in [-0.2, -0.15) is 0 Å². The first-order valence-corrected chi connectivity index (χ1v) is 7.00. The second-order valence-corrected chi connectivity index (χ2v) is 5.65. The summed E-state index contributed by atoms with van der Waals surface area (Å²) in [6, 6.07) is 5.48. The third-order valence-electron chi connectivity index (χ3n) is 3.95. The van der Waals surface area contributed by atoms with Crippen molar-refractivity contribution in [3.05, 3.63) is 35.9 Å². The maximum atomic E-state index is 10.5. The molecule has 1 aromatic carbocycles. The number of hydrogen-bond acceptors (Lipinski definition) is 5. The van der Waals surface area contributed by atoms with Gasteiger partial charge in [0.15, 0.2) is 0 Å². The molecule has 1 aromatic rings. The highest BCUT2D eigenvalue weighted by molar-refractivity contribution is 5.67. The topological polar surface area (TPSA) is 73.2 Å². The van der Waals surface area contributed by atoms with Gasteiger partial charge in [0, 0.05) is 19.8 Å². The third kappa shape index (κ3) is 2.96. The van der Waals surface area contributed by atoms with Gasteiger partial charge in [-0.05, 0) is 24.1 Å². The number of anilines is 1. The second-order valence-electron chi connectivity index (χ2n) is 5.65. The van der Waals surface area contributed by atoms with Crippen molar-refractivity contribution in [2.75, 3.05) is 19.0 Å². The minimum Gasteiger partial charge on any atom is -0.388 e. The first-order chi connectivity index (χ1) is 9.86. The quantitative estimate of drug-likeness (QED) is 0.770. The lowest BCUT2D eigenvalue weighted by molar-refractivity contribution is -0.0635. The Balaban J connectivity index is 2.30. The number of benzene rings is 1. The molecule has 1 fully saturated rings. The average molecular weight is 293 g/mol. The zero-order chi connectivity index (χ0) is 15.7. The molecule has 21 heavy (non-hydrogen) atoms. The van der Waals surface area contributed by atoms with Crippen LogP contribution in [0.3, 0.4) is 0 Å². The van der Waals surface area contributed by atoms with Gasteiger partial charge < -0.3 is 25.0 Å². The fourth-order valence-electron chi connectivity index (χ4n) is 2.64. The van der Waals surface area contributed by atoms with E-state index in [-0.39, 0.29) is 0 Å². The van der Waals surface area contributed by atoms with Crippen LogP contribution >= 0.6 is 0 Å². The molecule has 5 unspecified atom stereocenters. The van der Waals surface area contributed by atoms with E-state index in [1.54, 1.807) is 19.1 Å². The molecule has 5 atom stereocenters. The van der Waals surface area contributed by atoms with E-state index in [1.165, 1.54) is 0 Å². The Morgan fingerprint density at radius 1 is 1.29 bits per heavy atom. The fourth-order valence-corrected chi connectivity index (χ4v) is 2.64. The molecule has 0 aromatic heterocycles. The van der Waals surface area contributed by atoms with Gasteiger partial charge in [0.2, 0.25) is 0 Å². The van der Waals surface area contributed by atoms with Gasteiger partial charge in [0.25, 0.3) is 0 Å². The molecule has 1 saturated heterocycles. The van der Waals surface area contributed by atoms with Gasteiger partial charge in [-0.3, -0.25) is 0 Å². The van der Waals surface area contributed by atoms with Crippen LogP contribution in [0.2, 0.25) is 0 Å². The van der Waals surface area contributed by atoms with Gasteiger partial charge in [0.1, 0.15) is 24.4 Å². The summed E-state index contributed by atoms with van der Waals surface area (Å²) in [6.45, 7) is 5.44. The van der Waals surface area contributed by atoms with Crippen LogP contribution < -0.4 is 4.90 Å². The molecule has 5 nitrogen and oxygen atoms in total. The van der Waals surface area contributed by atoms with Crippen molar-refractivity contribution in [3.63, 3.8) is 0 Å². The lowest BCUT2D eigenvalue weighted by Crippen LogP contribution is -2.35. The third-order valence-corrected chi connectivity index (χ3v) is 3.95. The summed E-state index contributed by atoms with van der Waals surface area (Å²) in [5.74, 6) is 0. The van der Waals surface area contributed by atoms with E-state index in [4.69, 9.17) is 4.74 Å². The van der Waals surface area contributed by atoms with Crippen LogP contribution in [0, 0.1) is 0 Å². The van der Waals surface area contributed by atoms with Gasteiger partial charge in [-0.25, -0.2) is 0 Å². The minimum absolute atomic E-state index is 0.500. The normalized spacial score (nSPS) is 30.2. The highest BCUT2D eigenvalue weighted by Gasteiger charge is 2.44. The van der Waals surface area contributed by atoms with Crippen molar-refractivity contribution < 1.29 is 20.1 Å². The highest BCUT2D eigenvalue weighted by Crippen LogP contribution is 2.33. The van der Waals surface area contributed by atoms with Gasteiger partial charge >= 0.3 is 0 Å². The number of nitrogens with zero attached hydrogens (tertiary/aromatic N) is 1. The molecule has 3 N–H and O–H groups in total. The molecule has 0 bridgehead atoms. The van der Waals surface area contributed by atoms with Crippen molar-refractivity contribution >= 4 is 11.8 Å². The molecule has 1 aliphatic heterocycles. The van der Waals surface area contributed by atoms with Crippen LogP contribution in [0.4, 0.5) is 5.69 Å². The Morgan fingerprint density at radius 2 is 1.95 bits per heavy atom. The number of hydrogen-bond donors (Lipinski definition) is 3. The Labute approximate surface area is 125 Å². The number of aliphatic hydroxyl groups excluding tert-OH is 3. The molecule has 0 saturated carbocycles.